The third-order valence-electron chi connectivity index (χ3n) is 4.34. The second-order valence-electron chi connectivity index (χ2n) is 6.47. The number of aromatic nitrogens is 3. The van der Waals surface area contributed by atoms with E-state index in [0.29, 0.717) is 38.1 Å². The van der Waals surface area contributed by atoms with E-state index in [9.17, 15) is 23.1 Å². The Bertz CT molecular complexity index is 887. The molecule has 152 valence electrons. The highest BCUT2D eigenvalue weighted by molar-refractivity contribution is 6.33. The van der Waals surface area contributed by atoms with Crippen molar-refractivity contribution >= 4 is 17.3 Å². The van der Waals surface area contributed by atoms with Crippen molar-refractivity contribution in [2.24, 2.45) is 0 Å². The number of aliphatic hydroxyl groups excluding tert-OH is 1. The molecule has 0 spiro atoms. The molecule has 0 bridgehead atoms. The molecule has 3 heterocycles. The highest BCUT2D eigenvalue weighted by Crippen LogP contribution is 2.29. The third kappa shape index (κ3) is 4.29. The Morgan fingerprint density at radius 1 is 1.39 bits per heavy atom. The second-order valence-corrected chi connectivity index (χ2v) is 6.85. The van der Waals surface area contributed by atoms with Gasteiger partial charge in [-0.3, -0.25) is 4.79 Å². The van der Waals surface area contributed by atoms with Gasteiger partial charge in [0, 0.05) is 12.7 Å². The van der Waals surface area contributed by atoms with E-state index in [0.717, 1.165) is 16.8 Å². The maximum absolute atomic E-state index is 12.7. The van der Waals surface area contributed by atoms with Gasteiger partial charge >= 0.3 is 6.18 Å². The van der Waals surface area contributed by atoms with Crippen molar-refractivity contribution in [3.8, 4) is 5.82 Å². The van der Waals surface area contributed by atoms with Gasteiger partial charge < -0.3 is 14.7 Å². The summed E-state index contributed by atoms with van der Waals surface area (Å²) >= 11 is 6.26. The fourth-order valence-electron chi connectivity index (χ4n) is 3.03. The number of aliphatic hydroxyl groups is 1. The zero-order chi connectivity index (χ0) is 20.5. The van der Waals surface area contributed by atoms with Crippen molar-refractivity contribution in [1.82, 2.24) is 14.8 Å². The van der Waals surface area contributed by atoms with Gasteiger partial charge in [-0.15, -0.1) is 0 Å². The smallest absolute Gasteiger partial charge is 0.393 e. The number of hydrogen-bond acceptors (Lipinski definition) is 6. The summed E-state index contributed by atoms with van der Waals surface area (Å²) in [5.41, 5.74) is -1.25. The first kappa shape index (κ1) is 20.6. The summed E-state index contributed by atoms with van der Waals surface area (Å²) in [5, 5.41) is 13.6. The minimum Gasteiger partial charge on any atom is -0.393 e. The Labute approximate surface area is 163 Å². The topological polar surface area (TPSA) is 80.5 Å². The van der Waals surface area contributed by atoms with E-state index in [1.807, 2.05) is 4.90 Å². The molecule has 1 aliphatic rings. The molecule has 2 aromatic rings. The molecule has 1 aliphatic heterocycles. The standard InChI is InChI=1S/C17H18ClF3N4O3/c1-10(26)6-12-9-28-5-4-24(12)13-8-23-25(16(27)15(13)18)14-3-2-11(7-22-14)17(19,20)21/h2-3,7-8,10,12,26H,4-6,9H2,1H3. The van der Waals surface area contributed by atoms with Crippen molar-refractivity contribution in [2.45, 2.75) is 31.7 Å². The lowest BCUT2D eigenvalue weighted by atomic mass is 10.1. The number of rotatable bonds is 4. The van der Waals surface area contributed by atoms with Crippen LogP contribution in [-0.2, 0) is 10.9 Å². The Kier molecular flexibility index (Phi) is 5.92. The van der Waals surface area contributed by atoms with Crippen molar-refractivity contribution in [1.29, 1.82) is 0 Å². The molecule has 0 aliphatic carbocycles. The SMILES string of the molecule is CC(O)CC1COCCN1c1cnn(-c2ccc(C(F)(F)F)cn2)c(=O)c1Cl. The van der Waals surface area contributed by atoms with Gasteiger partial charge in [0.15, 0.2) is 5.82 Å². The summed E-state index contributed by atoms with van der Waals surface area (Å²) in [6.07, 6.45) is -2.69. The fraction of sp³-hybridized carbons (Fsp3) is 0.471. The lowest BCUT2D eigenvalue weighted by Crippen LogP contribution is -2.47. The van der Waals surface area contributed by atoms with Gasteiger partial charge in [0.05, 0.1) is 42.8 Å². The maximum Gasteiger partial charge on any atom is 0.417 e. The zero-order valence-electron chi connectivity index (χ0n) is 14.9. The number of anilines is 1. The van der Waals surface area contributed by atoms with E-state index in [4.69, 9.17) is 16.3 Å². The normalized spacial score (nSPS) is 18.9. The minimum atomic E-state index is -4.53. The van der Waals surface area contributed by atoms with Crippen LogP contribution in [-0.4, -0.2) is 51.8 Å². The van der Waals surface area contributed by atoms with Crippen LogP contribution in [0.1, 0.15) is 18.9 Å². The molecule has 2 aromatic heterocycles. The number of halogens is 4. The number of ether oxygens (including phenoxy) is 1. The van der Waals surface area contributed by atoms with Gasteiger partial charge in [-0.05, 0) is 25.5 Å². The average molecular weight is 419 g/mol. The number of pyridine rings is 1. The first-order valence-corrected chi connectivity index (χ1v) is 8.90. The molecule has 1 fully saturated rings. The molecule has 2 atom stereocenters. The van der Waals surface area contributed by atoms with Crippen LogP contribution in [0, 0.1) is 0 Å². The van der Waals surface area contributed by atoms with Gasteiger partial charge in [0.2, 0.25) is 0 Å². The summed E-state index contributed by atoms with van der Waals surface area (Å²) in [5.74, 6) is -0.0750. The van der Waals surface area contributed by atoms with Gasteiger partial charge in [-0.2, -0.15) is 23.0 Å². The van der Waals surface area contributed by atoms with Gasteiger partial charge in [0.1, 0.15) is 5.02 Å². The average Bonchev–Trinajstić information content (AvgIpc) is 2.64. The highest BCUT2D eigenvalue weighted by atomic mass is 35.5. The minimum absolute atomic E-state index is 0.0750. The fourth-order valence-corrected chi connectivity index (χ4v) is 3.26. The Morgan fingerprint density at radius 3 is 2.75 bits per heavy atom. The summed E-state index contributed by atoms with van der Waals surface area (Å²) in [6, 6.07) is 1.68. The molecule has 2 unspecified atom stereocenters. The predicted octanol–water partition coefficient (Wildman–Crippen LogP) is 2.28. The van der Waals surface area contributed by atoms with Crippen LogP contribution in [0.4, 0.5) is 18.9 Å². The molecule has 0 saturated carbocycles. The van der Waals surface area contributed by atoms with Crippen molar-refractivity contribution in [3.05, 3.63) is 45.5 Å². The molecule has 0 aromatic carbocycles. The Balaban J connectivity index is 1.94. The summed E-state index contributed by atoms with van der Waals surface area (Å²) < 4.78 is 44.3. The number of hydrogen-bond donors (Lipinski definition) is 1. The predicted molar refractivity (Wildman–Crippen MR) is 95.9 cm³/mol. The molecule has 3 rings (SSSR count). The van der Waals surface area contributed by atoms with E-state index in [1.165, 1.54) is 6.20 Å². The Hall–Kier alpha value is -2.17. The summed E-state index contributed by atoms with van der Waals surface area (Å²) in [7, 11) is 0. The number of nitrogens with zero attached hydrogens (tertiary/aromatic N) is 4. The van der Waals surface area contributed by atoms with Crippen LogP contribution in [0.2, 0.25) is 5.02 Å². The second kappa shape index (κ2) is 8.06. The lowest BCUT2D eigenvalue weighted by Gasteiger charge is -2.38. The third-order valence-corrected chi connectivity index (χ3v) is 4.70. The van der Waals surface area contributed by atoms with Crippen LogP contribution in [0.25, 0.3) is 5.82 Å². The van der Waals surface area contributed by atoms with Crippen molar-refractivity contribution < 1.29 is 23.0 Å². The first-order valence-electron chi connectivity index (χ1n) is 8.52. The monoisotopic (exact) mass is 418 g/mol. The van der Waals surface area contributed by atoms with Crippen molar-refractivity contribution in [2.75, 3.05) is 24.7 Å². The quantitative estimate of drug-likeness (QED) is 0.820. The van der Waals surface area contributed by atoms with Crippen LogP contribution >= 0.6 is 11.6 Å². The van der Waals surface area contributed by atoms with Gasteiger partial charge in [-0.25, -0.2) is 4.98 Å². The molecule has 1 saturated heterocycles. The van der Waals surface area contributed by atoms with Gasteiger partial charge in [0.25, 0.3) is 5.56 Å². The molecular weight excluding hydrogens is 401 g/mol. The summed E-state index contributed by atoms with van der Waals surface area (Å²) in [6.45, 7) is 2.91. The largest absolute Gasteiger partial charge is 0.417 e. The van der Waals surface area contributed by atoms with E-state index in [-0.39, 0.29) is 16.9 Å². The lowest BCUT2D eigenvalue weighted by molar-refractivity contribution is -0.137. The van der Waals surface area contributed by atoms with Crippen molar-refractivity contribution in [3.63, 3.8) is 0 Å². The molecule has 11 heteroatoms. The Morgan fingerprint density at radius 2 is 2.14 bits per heavy atom. The zero-order valence-corrected chi connectivity index (χ0v) is 15.6. The first-order chi connectivity index (χ1) is 13.2. The van der Waals surface area contributed by atoms with E-state index in [2.05, 4.69) is 10.1 Å². The highest BCUT2D eigenvalue weighted by Gasteiger charge is 2.31. The van der Waals surface area contributed by atoms with Crippen LogP contribution in [0.5, 0.6) is 0 Å². The maximum atomic E-state index is 12.7. The molecular formula is C17H18ClF3N4O3. The van der Waals surface area contributed by atoms with Crippen LogP contribution in [0.15, 0.2) is 29.3 Å². The molecule has 28 heavy (non-hydrogen) atoms. The van der Waals surface area contributed by atoms with E-state index in [1.54, 1.807) is 6.92 Å². The van der Waals surface area contributed by atoms with E-state index < -0.39 is 23.4 Å². The summed E-state index contributed by atoms with van der Waals surface area (Å²) in [4.78, 5) is 18.2. The molecule has 0 radical (unpaired) electrons. The van der Waals surface area contributed by atoms with Crippen LogP contribution in [0.3, 0.4) is 0 Å². The molecule has 0 amide bonds. The molecule has 1 N–H and O–H groups in total. The number of alkyl halides is 3. The van der Waals surface area contributed by atoms with E-state index >= 15 is 0 Å². The molecule has 7 nitrogen and oxygen atoms in total. The number of morpholine rings is 1. The van der Waals surface area contributed by atoms with Gasteiger partial charge in [-0.1, -0.05) is 11.6 Å². The van der Waals surface area contributed by atoms with Crippen LogP contribution < -0.4 is 10.5 Å².